The lowest BCUT2D eigenvalue weighted by Gasteiger charge is -2.36. The number of nitrogens with zero attached hydrogens (tertiary/aromatic N) is 3. The molecule has 3 aromatic rings. The summed E-state index contributed by atoms with van der Waals surface area (Å²) in [5.41, 5.74) is 10.8. The van der Waals surface area contributed by atoms with E-state index in [4.69, 9.17) is 4.74 Å². The van der Waals surface area contributed by atoms with Crippen molar-refractivity contribution in [3.63, 3.8) is 0 Å². The predicted molar refractivity (Wildman–Crippen MR) is 278 cm³/mol. The molecule has 3 heterocycles. The monoisotopic (exact) mass is 943 g/mol. The Labute approximate surface area is 399 Å². The molecule has 9 aliphatic rings. The van der Waals surface area contributed by atoms with Crippen LogP contribution >= 0.6 is 15.9 Å². The summed E-state index contributed by atoms with van der Waals surface area (Å²) in [6.07, 6.45) is 33.2. The lowest BCUT2D eigenvalue weighted by molar-refractivity contribution is 0.360. The molecular formula is C59H70BrN3OSi. The Morgan fingerprint density at radius 3 is 1.58 bits per heavy atom. The van der Waals surface area contributed by atoms with Crippen molar-refractivity contribution < 1.29 is 4.74 Å². The van der Waals surface area contributed by atoms with Gasteiger partial charge in [-0.15, -0.1) is 0 Å². The molecule has 0 N–H and O–H groups in total. The van der Waals surface area contributed by atoms with Gasteiger partial charge in [0.15, 0.2) is 0 Å². The van der Waals surface area contributed by atoms with E-state index in [2.05, 4.69) is 205 Å². The lowest BCUT2D eigenvalue weighted by atomic mass is 9.78. The van der Waals surface area contributed by atoms with Gasteiger partial charge in [0.05, 0.1) is 15.2 Å². The first-order valence-electron chi connectivity index (χ1n) is 25.3. The number of hydrogen-bond donors (Lipinski definition) is 0. The van der Waals surface area contributed by atoms with Gasteiger partial charge in [0.2, 0.25) is 0 Å². The molecule has 3 fully saturated rings. The molecule has 4 nitrogen and oxygen atoms in total. The SMILES string of the molecule is COc1ccc2c(c1)C1C(CCN3c4ccc(C(C)(C)C)cc4C4C(CCN5c6ccc(Br)cc6C6C(C)C7C=CC=CC7C65)C5C=CC=CC5C43)C3C=CC=CC3C1N2C[Si](C)(C)C. The largest absolute Gasteiger partial charge is 0.497 e. The van der Waals surface area contributed by atoms with Crippen molar-refractivity contribution in [2.24, 2.45) is 53.3 Å². The standard InChI is InChI=1S/C59H70BrN3OSi/c1-35-39-15-9-12-18-44(39)56-53(35)48-32-37(60)22-25-51(48)61(56)29-27-42-40-16-10-13-19-45(40)57-54(42)47-31-36(59(2,3)4)21-24-50(47)62(57)30-28-43-41-17-11-14-20-46(41)58-55(43)49-33-38(64-5)23-26-52(49)63(58)34-65(6,7)8/h9-26,31-33,35,39-46,53-58H,27-30,34H2,1-8H3. The van der Waals surface area contributed by atoms with E-state index in [1.54, 1.807) is 11.1 Å². The summed E-state index contributed by atoms with van der Waals surface area (Å²) >= 11 is 3.89. The molecule has 0 spiro atoms. The molecule has 0 amide bonds. The first-order valence-corrected chi connectivity index (χ1v) is 29.8. The summed E-state index contributed by atoms with van der Waals surface area (Å²) in [6, 6.07) is 23.4. The summed E-state index contributed by atoms with van der Waals surface area (Å²) < 4.78 is 7.17. The van der Waals surface area contributed by atoms with E-state index in [1.165, 1.54) is 51.7 Å². The fraction of sp³-hybridized carbons (Fsp3) is 0.492. The highest BCUT2D eigenvalue weighted by molar-refractivity contribution is 9.10. The van der Waals surface area contributed by atoms with Crippen LogP contribution in [-0.2, 0) is 5.41 Å². The molecule has 3 aliphatic heterocycles. The van der Waals surface area contributed by atoms with Gasteiger partial charge in [-0.05, 0) is 118 Å². The third-order valence-electron chi connectivity index (χ3n) is 18.3. The fourth-order valence-corrected chi connectivity index (χ4v) is 17.7. The number of benzene rings is 3. The molecule has 12 rings (SSSR count). The normalized spacial score (nSPS) is 36.1. The molecule has 15 atom stereocenters. The minimum absolute atomic E-state index is 0.0895. The van der Waals surface area contributed by atoms with Crippen molar-refractivity contribution in [2.45, 2.75) is 101 Å². The Morgan fingerprint density at radius 2 is 1.02 bits per heavy atom. The molecule has 0 saturated heterocycles. The lowest BCUT2D eigenvalue weighted by Crippen LogP contribution is -2.46. The second-order valence-electron chi connectivity index (χ2n) is 23.8. The minimum atomic E-state index is -1.42. The van der Waals surface area contributed by atoms with Crippen LogP contribution in [0, 0.1) is 53.3 Å². The molecule has 0 radical (unpaired) electrons. The van der Waals surface area contributed by atoms with Crippen molar-refractivity contribution in [3.8, 4) is 5.75 Å². The molecule has 65 heavy (non-hydrogen) atoms. The van der Waals surface area contributed by atoms with E-state index in [0.717, 1.165) is 18.8 Å². The third kappa shape index (κ3) is 6.59. The van der Waals surface area contributed by atoms with Gasteiger partial charge in [0, 0.05) is 94.4 Å². The van der Waals surface area contributed by atoms with Crippen molar-refractivity contribution in [2.75, 3.05) is 41.1 Å². The number of fused-ring (bicyclic) bond motifs is 15. The maximum atomic E-state index is 5.95. The summed E-state index contributed by atoms with van der Waals surface area (Å²) in [6.45, 7) is 19.6. The first kappa shape index (κ1) is 42.4. The number of anilines is 3. The Kier molecular flexibility index (Phi) is 10.1. The van der Waals surface area contributed by atoms with Crippen LogP contribution in [0.15, 0.2) is 132 Å². The van der Waals surface area contributed by atoms with Gasteiger partial charge in [-0.2, -0.15) is 0 Å². The smallest absolute Gasteiger partial charge is 0.119 e. The van der Waals surface area contributed by atoms with Crippen molar-refractivity contribution in [3.05, 3.63) is 154 Å². The number of rotatable bonds is 9. The number of ether oxygens (including phenoxy) is 1. The molecule has 0 aromatic heterocycles. The highest BCUT2D eigenvalue weighted by Gasteiger charge is 2.60. The van der Waals surface area contributed by atoms with Crippen molar-refractivity contribution in [1.29, 1.82) is 0 Å². The summed E-state index contributed by atoms with van der Waals surface area (Å²) in [7, 11) is 0.420. The van der Waals surface area contributed by atoms with E-state index < -0.39 is 8.07 Å². The molecule has 6 aliphatic carbocycles. The van der Waals surface area contributed by atoms with Gasteiger partial charge in [-0.1, -0.05) is 148 Å². The second-order valence-corrected chi connectivity index (χ2v) is 30.2. The average Bonchev–Trinajstić information content (AvgIpc) is 4.10. The Bertz CT molecular complexity index is 2570. The van der Waals surface area contributed by atoms with E-state index in [1.807, 2.05) is 7.11 Å². The Hall–Kier alpha value is -4.00. The van der Waals surface area contributed by atoms with Crippen LogP contribution in [0.25, 0.3) is 0 Å². The topological polar surface area (TPSA) is 19.0 Å². The van der Waals surface area contributed by atoms with E-state index in [-0.39, 0.29) is 5.41 Å². The number of hydrogen-bond acceptors (Lipinski definition) is 4. The summed E-state index contributed by atoms with van der Waals surface area (Å²) in [5.74, 6) is 7.56. The highest BCUT2D eigenvalue weighted by Crippen LogP contribution is 2.64. The first-order chi connectivity index (χ1) is 31.3. The summed E-state index contributed by atoms with van der Waals surface area (Å²) in [4.78, 5) is 8.75. The van der Waals surface area contributed by atoms with Crippen LogP contribution in [0.1, 0.15) is 80.5 Å². The van der Waals surface area contributed by atoms with Gasteiger partial charge in [-0.25, -0.2) is 0 Å². The van der Waals surface area contributed by atoms with E-state index in [0.29, 0.717) is 89.1 Å². The number of methoxy groups -OCH3 is 1. The predicted octanol–water partition coefficient (Wildman–Crippen LogP) is 13.6. The van der Waals surface area contributed by atoms with Crippen molar-refractivity contribution in [1.82, 2.24) is 0 Å². The number of allylic oxidation sites excluding steroid dienone is 9. The van der Waals surface area contributed by atoms with Gasteiger partial charge in [-0.3, -0.25) is 0 Å². The van der Waals surface area contributed by atoms with Crippen molar-refractivity contribution >= 4 is 41.1 Å². The molecule has 0 bridgehead atoms. The van der Waals surface area contributed by atoms with Gasteiger partial charge in [0.1, 0.15) is 5.75 Å². The van der Waals surface area contributed by atoms with Crippen LogP contribution in [0.3, 0.4) is 0 Å². The maximum absolute atomic E-state index is 5.95. The zero-order chi connectivity index (χ0) is 44.7. The van der Waals surface area contributed by atoms with Crippen LogP contribution in [0.4, 0.5) is 17.1 Å². The van der Waals surface area contributed by atoms with Crippen LogP contribution in [-0.4, -0.2) is 52.6 Å². The second kappa shape index (κ2) is 15.5. The molecule has 15 unspecified atom stereocenters. The van der Waals surface area contributed by atoms with Gasteiger partial charge in [0.25, 0.3) is 0 Å². The molecule has 3 saturated carbocycles. The molecule has 6 heteroatoms. The van der Waals surface area contributed by atoms with Crippen LogP contribution in [0.2, 0.25) is 19.6 Å². The third-order valence-corrected chi connectivity index (χ3v) is 20.1. The zero-order valence-corrected chi connectivity index (χ0v) is 42.5. The van der Waals surface area contributed by atoms with Gasteiger partial charge >= 0.3 is 0 Å². The molecule has 338 valence electrons. The molecular weight excluding hydrogens is 875 g/mol. The van der Waals surface area contributed by atoms with E-state index >= 15 is 0 Å². The summed E-state index contributed by atoms with van der Waals surface area (Å²) in [5, 5.41) is 0. The van der Waals surface area contributed by atoms with E-state index in [9.17, 15) is 0 Å². The molecule has 3 aromatic carbocycles. The van der Waals surface area contributed by atoms with Crippen LogP contribution < -0.4 is 19.4 Å². The van der Waals surface area contributed by atoms with Crippen LogP contribution in [0.5, 0.6) is 5.75 Å². The fourth-order valence-electron chi connectivity index (χ4n) is 15.9. The Balaban J connectivity index is 0.900. The highest BCUT2D eigenvalue weighted by atomic mass is 79.9. The number of halogens is 1. The minimum Gasteiger partial charge on any atom is -0.497 e. The quantitative estimate of drug-likeness (QED) is 0.199. The Morgan fingerprint density at radius 1 is 0.554 bits per heavy atom. The van der Waals surface area contributed by atoms with Gasteiger partial charge < -0.3 is 19.4 Å². The average molecular weight is 945 g/mol. The zero-order valence-electron chi connectivity index (χ0n) is 39.9. The maximum Gasteiger partial charge on any atom is 0.119 e.